The zero-order valence-electron chi connectivity index (χ0n) is 20.3. The van der Waals surface area contributed by atoms with E-state index in [0.717, 1.165) is 0 Å². The number of methoxy groups -OCH3 is 2. The van der Waals surface area contributed by atoms with Crippen LogP contribution in [-0.4, -0.2) is 38.7 Å². The van der Waals surface area contributed by atoms with Crippen LogP contribution < -0.4 is 19.7 Å². The quantitative estimate of drug-likeness (QED) is 0.501. The van der Waals surface area contributed by atoms with Crippen LogP contribution in [0.25, 0.3) is 11.1 Å². The Morgan fingerprint density at radius 1 is 1.00 bits per heavy atom. The van der Waals surface area contributed by atoms with Crippen molar-refractivity contribution in [2.45, 2.75) is 26.0 Å². The molecule has 0 spiro atoms. The van der Waals surface area contributed by atoms with Gasteiger partial charge in [0.05, 0.1) is 31.2 Å². The summed E-state index contributed by atoms with van der Waals surface area (Å²) in [5, 5.41) is 3.26. The summed E-state index contributed by atoms with van der Waals surface area (Å²) >= 11 is 0. The lowest BCUT2D eigenvalue weighted by atomic mass is 9.92. The number of esters is 1. The monoisotopic (exact) mass is 478 g/mol. The van der Waals surface area contributed by atoms with Gasteiger partial charge in [-0.2, -0.15) is 0 Å². The highest BCUT2D eigenvalue weighted by Crippen LogP contribution is 2.44. The molecule has 0 aliphatic carbocycles. The molecule has 35 heavy (non-hydrogen) atoms. The number of fused-ring (bicyclic) bond motifs is 1. The van der Waals surface area contributed by atoms with Crippen LogP contribution in [0.1, 0.15) is 29.8 Å². The number of nitrogens with one attached hydrogen (secondary N) is 1. The number of likely N-dealkylation sites (N-methyl/N-ethyl adjacent to an activating group) is 1. The minimum atomic E-state index is -0.823. The third kappa shape index (κ3) is 4.51. The van der Waals surface area contributed by atoms with Gasteiger partial charge < -0.3 is 24.4 Å². The summed E-state index contributed by atoms with van der Waals surface area (Å²) in [6, 6.07) is 14.4. The van der Waals surface area contributed by atoms with E-state index in [-0.39, 0.29) is 12.5 Å². The van der Waals surface area contributed by atoms with Gasteiger partial charge in [0.25, 0.3) is 5.91 Å². The highest BCUT2D eigenvalue weighted by molar-refractivity contribution is 6.09. The second kappa shape index (κ2) is 9.29. The van der Waals surface area contributed by atoms with E-state index in [1.165, 1.54) is 30.2 Å². The number of rotatable bonds is 6. The largest absolute Gasteiger partial charge is 0.497 e. The summed E-state index contributed by atoms with van der Waals surface area (Å²) in [7, 11) is 4.71. The Labute approximate surface area is 203 Å². The molecule has 0 unspecified atom stereocenters. The van der Waals surface area contributed by atoms with E-state index in [4.69, 9.17) is 14.2 Å². The molecule has 0 saturated heterocycles. The molecule has 0 radical (unpaired) electrons. The van der Waals surface area contributed by atoms with Gasteiger partial charge in [-0.1, -0.05) is 6.07 Å². The Balaban J connectivity index is 1.81. The van der Waals surface area contributed by atoms with Crippen molar-refractivity contribution in [2.75, 3.05) is 31.5 Å². The number of carbonyl (C=O) groups excluding carboxylic acids is 2. The number of nitrogens with zero attached hydrogens (tertiary/aromatic N) is 1. The summed E-state index contributed by atoms with van der Waals surface area (Å²) in [5.74, 6) is -0.0693. The molecule has 4 rings (SSSR count). The number of anilines is 2. The van der Waals surface area contributed by atoms with Crippen LogP contribution >= 0.6 is 0 Å². The molecule has 0 atom stereocenters. The van der Waals surface area contributed by atoms with Crippen molar-refractivity contribution < 1.29 is 28.2 Å². The zero-order valence-corrected chi connectivity index (χ0v) is 20.3. The molecular weight excluding hydrogens is 451 g/mol. The molecule has 1 N–H and O–H groups in total. The minimum absolute atomic E-state index is 0.150. The average molecular weight is 479 g/mol. The van der Waals surface area contributed by atoms with Gasteiger partial charge in [-0.15, -0.1) is 0 Å². The summed E-state index contributed by atoms with van der Waals surface area (Å²) < 4.78 is 30.5. The number of amides is 1. The fourth-order valence-corrected chi connectivity index (χ4v) is 4.27. The molecular formula is C27H27FN2O5. The lowest BCUT2D eigenvalue weighted by Crippen LogP contribution is -2.52. The van der Waals surface area contributed by atoms with Crippen molar-refractivity contribution in [3.63, 3.8) is 0 Å². The molecule has 0 aromatic heterocycles. The van der Waals surface area contributed by atoms with Crippen molar-refractivity contribution in [3.05, 3.63) is 71.5 Å². The van der Waals surface area contributed by atoms with Crippen molar-refractivity contribution in [1.29, 1.82) is 0 Å². The first-order chi connectivity index (χ1) is 16.7. The first kappa shape index (κ1) is 24.1. The third-order valence-electron chi connectivity index (χ3n) is 6.03. The van der Waals surface area contributed by atoms with Crippen LogP contribution in [0.3, 0.4) is 0 Å². The second-order valence-electron chi connectivity index (χ2n) is 8.75. The Bertz CT molecular complexity index is 1290. The van der Waals surface area contributed by atoms with Crippen LogP contribution in [0.15, 0.2) is 54.6 Å². The van der Waals surface area contributed by atoms with Crippen LogP contribution in [0.5, 0.6) is 11.5 Å². The summed E-state index contributed by atoms with van der Waals surface area (Å²) in [6.07, 6.45) is 0. The van der Waals surface area contributed by atoms with Gasteiger partial charge in [0.15, 0.2) is 0 Å². The summed E-state index contributed by atoms with van der Waals surface area (Å²) in [4.78, 5) is 27.4. The lowest BCUT2D eigenvalue weighted by molar-refractivity contribution is -0.121. The van der Waals surface area contributed by atoms with Gasteiger partial charge in [0.2, 0.25) is 0 Å². The molecule has 0 fully saturated rings. The van der Waals surface area contributed by atoms with E-state index < -0.39 is 17.3 Å². The minimum Gasteiger partial charge on any atom is -0.497 e. The van der Waals surface area contributed by atoms with Crippen LogP contribution in [0, 0.1) is 5.82 Å². The number of ether oxygens (including phenoxy) is 3. The van der Waals surface area contributed by atoms with Gasteiger partial charge >= 0.3 is 5.97 Å². The highest BCUT2D eigenvalue weighted by atomic mass is 19.1. The number of hydrogen-bond donors (Lipinski definition) is 1. The number of benzene rings is 3. The van der Waals surface area contributed by atoms with Gasteiger partial charge in [-0.25, -0.2) is 9.18 Å². The number of halogens is 1. The highest BCUT2D eigenvalue weighted by Gasteiger charge is 2.38. The molecule has 3 aromatic rings. The fraction of sp³-hybridized carbons (Fsp3) is 0.259. The first-order valence-corrected chi connectivity index (χ1v) is 11.0. The maximum Gasteiger partial charge on any atom is 0.338 e. The molecule has 7 nitrogen and oxygen atoms in total. The van der Waals surface area contributed by atoms with Crippen LogP contribution in [0.4, 0.5) is 15.8 Å². The molecule has 8 heteroatoms. The topological polar surface area (TPSA) is 77.1 Å². The van der Waals surface area contributed by atoms with Gasteiger partial charge in [-0.3, -0.25) is 4.79 Å². The van der Waals surface area contributed by atoms with Crippen LogP contribution in [-0.2, 0) is 16.1 Å². The Morgan fingerprint density at radius 2 is 1.71 bits per heavy atom. The van der Waals surface area contributed by atoms with E-state index in [2.05, 4.69) is 5.32 Å². The van der Waals surface area contributed by atoms with E-state index >= 15 is 0 Å². The molecule has 1 aliphatic heterocycles. The van der Waals surface area contributed by atoms with Crippen LogP contribution in [0.2, 0.25) is 0 Å². The molecule has 0 saturated carbocycles. The average Bonchev–Trinajstić information content (AvgIpc) is 2.85. The van der Waals surface area contributed by atoms with Crippen molar-refractivity contribution in [2.24, 2.45) is 0 Å². The molecule has 1 amide bonds. The Hall–Kier alpha value is -4.07. The maximum atomic E-state index is 14.2. The van der Waals surface area contributed by atoms with E-state index in [9.17, 15) is 14.0 Å². The molecule has 3 aromatic carbocycles. The lowest BCUT2D eigenvalue weighted by Gasteiger charge is -2.39. The second-order valence-corrected chi connectivity index (χ2v) is 8.75. The standard InChI is InChI=1S/C27H27FN2O5/c1-27(2)26(32)30(3)24-21(15-35-25(31)16-6-9-18(33-4)10-7-16)19(11-12-22(24)29-27)20-14-17(28)8-13-23(20)34-5/h6-14,29H,15H2,1-5H3. The SMILES string of the molecule is COc1ccc(C(=O)OCc2c(-c3cc(F)ccc3OC)ccc3c2N(C)C(=O)C(C)(C)N3)cc1. The van der Waals surface area contributed by atoms with Crippen molar-refractivity contribution in [1.82, 2.24) is 0 Å². The molecule has 0 bridgehead atoms. The van der Waals surface area contributed by atoms with Crippen molar-refractivity contribution >= 4 is 23.3 Å². The molecule has 1 aliphatic rings. The first-order valence-electron chi connectivity index (χ1n) is 11.0. The van der Waals surface area contributed by atoms with Gasteiger partial charge in [0, 0.05) is 18.2 Å². The molecule has 1 heterocycles. The van der Waals surface area contributed by atoms with E-state index in [1.807, 2.05) is 6.07 Å². The molecule has 182 valence electrons. The zero-order chi connectivity index (χ0) is 25.3. The predicted octanol–water partition coefficient (Wildman–Crippen LogP) is 5.03. The smallest absolute Gasteiger partial charge is 0.338 e. The van der Waals surface area contributed by atoms with Gasteiger partial charge in [0.1, 0.15) is 29.5 Å². The normalized spacial score (nSPS) is 14.1. The van der Waals surface area contributed by atoms with Crippen molar-refractivity contribution in [3.8, 4) is 22.6 Å². The van der Waals surface area contributed by atoms with Gasteiger partial charge in [-0.05, 0) is 67.9 Å². The third-order valence-corrected chi connectivity index (χ3v) is 6.03. The van der Waals surface area contributed by atoms with E-state index in [0.29, 0.717) is 45.1 Å². The summed E-state index contributed by atoms with van der Waals surface area (Å²) in [6.45, 7) is 3.44. The predicted molar refractivity (Wildman–Crippen MR) is 132 cm³/mol. The number of hydrogen-bond acceptors (Lipinski definition) is 6. The maximum absolute atomic E-state index is 14.2. The Morgan fingerprint density at radius 3 is 2.37 bits per heavy atom. The number of carbonyl (C=O) groups is 2. The van der Waals surface area contributed by atoms with E-state index in [1.54, 1.807) is 58.3 Å². The Kier molecular flexibility index (Phi) is 6.39. The summed E-state index contributed by atoms with van der Waals surface area (Å²) in [5.41, 5.74) is 2.40. The fourth-order valence-electron chi connectivity index (χ4n) is 4.27.